The first-order chi connectivity index (χ1) is 8.90. The van der Waals surface area contributed by atoms with Gasteiger partial charge < -0.3 is 20.2 Å². The number of nitrogens with zero attached hydrogens (tertiary/aromatic N) is 2. The minimum Gasteiger partial charge on any atom is -0.478 e. The molecule has 2 rings (SSSR count). The molecule has 1 saturated heterocycles. The first kappa shape index (κ1) is 13.2. The molecule has 0 saturated carbocycles. The van der Waals surface area contributed by atoms with Gasteiger partial charge in [0.25, 0.3) is 5.69 Å². The first-order valence-electron chi connectivity index (χ1n) is 5.53. The van der Waals surface area contributed by atoms with Gasteiger partial charge in [0.1, 0.15) is 0 Å². The lowest BCUT2D eigenvalue weighted by molar-refractivity contribution is -0.384. The van der Waals surface area contributed by atoms with Crippen molar-refractivity contribution in [1.82, 2.24) is 0 Å². The monoisotopic (exact) mass is 268 g/mol. The fourth-order valence-electron chi connectivity index (χ4n) is 2.04. The van der Waals surface area contributed by atoms with Crippen LogP contribution in [0.1, 0.15) is 10.4 Å². The van der Waals surface area contributed by atoms with Gasteiger partial charge in [-0.1, -0.05) is 0 Å². The number of carboxylic acid groups (broad SMARTS) is 1. The molecule has 0 spiro atoms. The van der Waals surface area contributed by atoms with E-state index in [1.807, 2.05) is 0 Å². The molecule has 1 aromatic rings. The minimum atomic E-state index is -1.22. The summed E-state index contributed by atoms with van der Waals surface area (Å²) in [5.41, 5.74) is -0.222. The molecule has 1 heterocycles. The third-order valence-electron chi connectivity index (χ3n) is 3.02. The summed E-state index contributed by atoms with van der Waals surface area (Å²) in [6.07, 6.45) is -2.00. The Morgan fingerprint density at radius 1 is 1.32 bits per heavy atom. The maximum atomic E-state index is 11.1. The van der Waals surface area contributed by atoms with Crippen molar-refractivity contribution in [2.24, 2.45) is 0 Å². The highest BCUT2D eigenvalue weighted by molar-refractivity contribution is 5.95. The summed E-state index contributed by atoms with van der Waals surface area (Å²) in [7, 11) is 0. The number of benzene rings is 1. The summed E-state index contributed by atoms with van der Waals surface area (Å²) in [4.78, 5) is 22.6. The Morgan fingerprint density at radius 3 is 2.37 bits per heavy atom. The molecule has 102 valence electrons. The Balaban J connectivity index is 2.44. The molecule has 8 nitrogen and oxygen atoms in total. The van der Waals surface area contributed by atoms with Crippen LogP contribution in [0, 0.1) is 10.1 Å². The van der Waals surface area contributed by atoms with Gasteiger partial charge in [-0.15, -0.1) is 0 Å². The molecule has 8 heteroatoms. The molecule has 1 aliphatic heterocycles. The van der Waals surface area contributed by atoms with E-state index in [0.717, 1.165) is 18.2 Å². The number of anilines is 1. The number of carboxylic acids is 1. The van der Waals surface area contributed by atoms with Gasteiger partial charge in [0, 0.05) is 25.2 Å². The Morgan fingerprint density at radius 2 is 1.89 bits per heavy atom. The number of non-ortho nitro benzene ring substituents is 1. The molecule has 0 radical (unpaired) electrons. The highest BCUT2D eigenvalue weighted by Crippen LogP contribution is 2.29. The third kappa shape index (κ3) is 2.49. The molecule has 0 amide bonds. The Kier molecular flexibility index (Phi) is 3.36. The smallest absolute Gasteiger partial charge is 0.337 e. The average molecular weight is 268 g/mol. The van der Waals surface area contributed by atoms with Crippen LogP contribution in [0.2, 0.25) is 0 Å². The predicted molar refractivity (Wildman–Crippen MR) is 64.3 cm³/mol. The zero-order chi connectivity index (χ0) is 14.2. The van der Waals surface area contributed by atoms with Crippen molar-refractivity contribution in [2.75, 3.05) is 18.0 Å². The van der Waals surface area contributed by atoms with Crippen molar-refractivity contribution in [3.8, 4) is 0 Å². The molecule has 3 N–H and O–H groups in total. The normalized spacial score (nSPS) is 22.5. The molecule has 2 atom stereocenters. The molecule has 1 fully saturated rings. The maximum absolute atomic E-state index is 11.1. The van der Waals surface area contributed by atoms with Crippen molar-refractivity contribution in [3.63, 3.8) is 0 Å². The topological polar surface area (TPSA) is 124 Å². The summed E-state index contributed by atoms with van der Waals surface area (Å²) in [5.74, 6) is -1.22. The van der Waals surface area contributed by atoms with Crippen LogP contribution >= 0.6 is 0 Å². The van der Waals surface area contributed by atoms with Crippen molar-refractivity contribution in [3.05, 3.63) is 33.9 Å². The number of aliphatic hydroxyl groups is 2. The lowest BCUT2D eigenvalue weighted by Crippen LogP contribution is -2.23. The standard InChI is InChI=1S/C11H12N2O6/c14-9-4-12(5-10(9)15)8-3-6(13(18)19)1-2-7(8)11(16)17/h1-3,9-10,14-15H,4-5H2,(H,16,17). The third-order valence-corrected chi connectivity index (χ3v) is 3.02. The molecule has 0 bridgehead atoms. The van der Waals surface area contributed by atoms with Crippen LogP contribution in [0.15, 0.2) is 18.2 Å². The molecular weight excluding hydrogens is 256 g/mol. The van der Waals surface area contributed by atoms with E-state index in [1.54, 1.807) is 0 Å². The zero-order valence-corrected chi connectivity index (χ0v) is 9.76. The molecule has 1 aromatic carbocycles. The highest BCUT2D eigenvalue weighted by Gasteiger charge is 2.32. The molecule has 1 aliphatic rings. The number of aliphatic hydroxyl groups excluding tert-OH is 2. The predicted octanol–water partition coefficient (Wildman–Crippen LogP) is -0.165. The SMILES string of the molecule is O=C(O)c1ccc([N+](=O)[O-])cc1N1CC(O)C(O)C1. The van der Waals surface area contributed by atoms with Crippen LogP contribution in [0.5, 0.6) is 0 Å². The lowest BCUT2D eigenvalue weighted by atomic mass is 10.1. The molecule has 0 aromatic heterocycles. The highest BCUT2D eigenvalue weighted by atomic mass is 16.6. The van der Waals surface area contributed by atoms with Gasteiger partial charge in [-0.2, -0.15) is 0 Å². The van der Waals surface area contributed by atoms with Crippen molar-refractivity contribution >= 4 is 17.3 Å². The van der Waals surface area contributed by atoms with Crippen molar-refractivity contribution in [1.29, 1.82) is 0 Å². The fourth-order valence-corrected chi connectivity index (χ4v) is 2.04. The van der Waals surface area contributed by atoms with Crippen LogP contribution < -0.4 is 4.90 Å². The molecule has 2 unspecified atom stereocenters. The molecule has 0 aliphatic carbocycles. The second-order valence-corrected chi connectivity index (χ2v) is 4.30. The summed E-state index contributed by atoms with van der Waals surface area (Å²) in [6, 6.07) is 3.39. The first-order valence-corrected chi connectivity index (χ1v) is 5.53. The van der Waals surface area contributed by atoms with Gasteiger partial charge >= 0.3 is 5.97 Å². The van der Waals surface area contributed by atoms with E-state index in [2.05, 4.69) is 0 Å². The summed E-state index contributed by atoms with van der Waals surface area (Å²) < 4.78 is 0. The van der Waals surface area contributed by atoms with E-state index in [0.29, 0.717) is 0 Å². The number of nitro benzene ring substituents is 1. The number of β-amino-alcohol motifs (C(OH)–C–C–N with tert-alkyl or cyclic N) is 2. The van der Waals surface area contributed by atoms with E-state index < -0.39 is 23.1 Å². The number of carbonyl (C=O) groups is 1. The average Bonchev–Trinajstić information content (AvgIpc) is 2.68. The quantitative estimate of drug-likeness (QED) is 0.513. The van der Waals surface area contributed by atoms with Crippen LogP contribution in [0.3, 0.4) is 0 Å². The van der Waals surface area contributed by atoms with E-state index in [9.17, 15) is 25.1 Å². The van der Waals surface area contributed by atoms with E-state index in [-0.39, 0.29) is 30.0 Å². The van der Waals surface area contributed by atoms with E-state index >= 15 is 0 Å². The molecule has 19 heavy (non-hydrogen) atoms. The van der Waals surface area contributed by atoms with Gasteiger partial charge in [-0.25, -0.2) is 4.79 Å². The van der Waals surface area contributed by atoms with E-state index in [1.165, 1.54) is 4.90 Å². The number of hydrogen-bond donors (Lipinski definition) is 3. The second-order valence-electron chi connectivity index (χ2n) is 4.30. The van der Waals surface area contributed by atoms with Gasteiger partial charge in [-0.05, 0) is 6.07 Å². The van der Waals surface area contributed by atoms with Crippen LogP contribution in [0.4, 0.5) is 11.4 Å². The van der Waals surface area contributed by atoms with Gasteiger partial charge in [0.15, 0.2) is 0 Å². The largest absolute Gasteiger partial charge is 0.478 e. The van der Waals surface area contributed by atoms with Crippen molar-refractivity contribution < 1.29 is 25.0 Å². The zero-order valence-electron chi connectivity index (χ0n) is 9.76. The minimum absolute atomic E-state index is 0.0304. The maximum Gasteiger partial charge on any atom is 0.337 e. The summed E-state index contributed by atoms with van der Waals surface area (Å²) >= 11 is 0. The Bertz CT molecular complexity index is 522. The van der Waals surface area contributed by atoms with Gasteiger partial charge in [0.2, 0.25) is 0 Å². The van der Waals surface area contributed by atoms with Crippen LogP contribution in [-0.4, -0.2) is 51.5 Å². The van der Waals surface area contributed by atoms with Crippen LogP contribution in [0.25, 0.3) is 0 Å². The Labute approximate surface area is 107 Å². The number of aromatic carboxylic acids is 1. The van der Waals surface area contributed by atoms with Gasteiger partial charge in [-0.3, -0.25) is 10.1 Å². The van der Waals surface area contributed by atoms with Gasteiger partial charge in [0.05, 0.1) is 28.4 Å². The van der Waals surface area contributed by atoms with Crippen molar-refractivity contribution in [2.45, 2.75) is 12.2 Å². The molecular formula is C11H12N2O6. The summed E-state index contributed by atoms with van der Waals surface area (Å²) in [5, 5.41) is 38.7. The summed E-state index contributed by atoms with van der Waals surface area (Å²) in [6.45, 7) is 0.0607. The number of hydrogen-bond acceptors (Lipinski definition) is 6. The lowest BCUT2D eigenvalue weighted by Gasteiger charge is -2.19. The second kappa shape index (κ2) is 4.82. The fraction of sp³-hybridized carbons (Fsp3) is 0.364. The Hall–Kier alpha value is -2.19. The number of rotatable bonds is 3. The van der Waals surface area contributed by atoms with E-state index in [4.69, 9.17) is 5.11 Å². The number of nitro groups is 1. The van der Waals surface area contributed by atoms with Crippen LogP contribution in [-0.2, 0) is 0 Å².